The van der Waals surface area contributed by atoms with Crippen LogP contribution in [-0.4, -0.2) is 34.3 Å². The lowest BCUT2D eigenvalue weighted by atomic mass is 10.2. The first-order valence-corrected chi connectivity index (χ1v) is 12.1. The van der Waals surface area contributed by atoms with Gasteiger partial charge in [-0.1, -0.05) is 6.07 Å². The maximum absolute atomic E-state index is 13.9. The lowest BCUT2D eigenvalue weighted by Gasteiger charge is -2.10. The summed E-state index contributed by atoms with van der Waals surface area (Å²) in [5, 5.41) is 11.5. The van der Waals surface area contributed by atoms with Gasteiger partial charge in [0.25, 0.3) is 5.91 Å². The van der Waals surface area contributed by atoms with Crippen molar-refractivity contribution in [3.63, 3.8) is 0 Å². The van der Waals surface area contributed by atoms with E-state index in [1.807, 2.05) is 0 Å². The normalized spacial score (nSPS) is 11.0. The van der Waals surface area contributed by atoms with Crippen LogP contribution >= 0.6 is 0 Å². The predicted octanol–water partition coefficient (Wildman–Crippen LogP) is 3.82. The third-order valence-corrected chi connectivity index (χ3v) is 5.55. The summed E-state index contributed by atoms with van der Waals surface area (Å²) in [4.78, 5) is 32.1. The van der Waals surface area contributed by atoms with Crippen molar-refractivity contribution in [2.24, 2.45) is 16.7 Å². The summed E-state index contributed by atoms with van der Waals surface area (Å²) in [7, 11) is 0. The average molecular weight is 546 g/mol. The van der Waals surface area contributed by atoms with Crippen LogP contribution in [0.1, 0.15) is 22.3 Å². The van der Waals surface area contributed by atoms with E-state index in [0.717, 1.165) is 5.56 Å². The molecule has 0 bridgehead atoms. The number of hydrogen-bond acceptors (Lipinski definition) is 7. The Labute approximate surface area is 229 Å². The molecule has 13 heteroatoms. The van der Waals surface area contributed by atoms with Crippen molar-refractivity contribution in [1.29, 1.82) is 0 Å². The molecule has 0 aliphatic rings. The zero-order chi connectivity index (χ0) is 28.5. The minimum Gasteiger partial charge on any atom is -0.457 e. The number of carbonyl (C=O) groups is 2. The summed E-state index contributed by atoms with van der Waals surface area (Å²) < 4.78 is 19.8. The van der Waals surface area contributed by atoms with E-state index in [1.54, 1.807) is 73.9 Å². The molecule has 0 aliphatic carbocycles. The smallest absolute Gasteiger partial charge is 0.323 e. The number of amides is 3. The highest BCUT2D eigenvalue weighted by Gasteiger charge is 2.12. The monoisotopic (exact) mass is 545 g/mol. The van der Waals surface area contributed by atoms with Crippen LogP contribution < -0.4 is 37.8 Å². The van der Waals surface area contributed by atoms with Crippen molar-refractivity contribution in [1.82, 2.24) is 20.8 Å². The fourth-order valence-electron chi connectivity index (χ4n) is 3.60. The number of amidine groups is 1. The highest BCUT2D eigenvalue weighted by atomic mass is 19.1. The molecule has 40 heavy (non-hydrogen) atoms. The highest BCUT2D eigenvalue weighted by molar-refractivity contribution is 6.00. The van der Waals surface area contributed by atoms with Gasteiger partial charge in [0.2, 0.25) is 0 Å². The number of aromatic amines is 1. The van der Waals surface area contributed by atoms with Crippen LogP contribution in [0.3, 0.4) is 0 Å². The molecule has 2 aromatic heterocycles. The molecule has 9 N–H and O–H groups in total. The molecule has 0 fully saturated rings. The number of aromatic nitrogens is 2. The maximum Gasteiger partial charge on any atom is 0.323 e. The molecule has 0 aliphatic heterocycles. The van der Waals surface area contributed by atoms with Crippen LogP contribution in [0.5, 0.6) is 11.5 Å². The number of halogens is 1. The van der Waals surface area contributed by atoms with Gasteiger partial charge in [-0.25, -0.2) is 20.6 Å². The van der Waals surface area contributed by atoms with Crippen molar-refractivity contribution in [3.8, 4) is 22.9 Å². The summed E-state index contributed by atoms with van der Waals surface area (Å²) in [5.74, 6) is 5.57. The van der Waals surface area contributed by atoms with Crippen molar-refractivity contribution in [2.75, 3.05) is 17.2 Å². The second-order valence-electron chi connectivity index (χ2n) is 8.61. The number of nitrogens with zero attached hydrogens (tertiary/aromatic N) is 2. The summed E-state index contributed by atoms with van der Waals surface area (Å²) in [6.07, 6.45) is 3.50. The molecule has 0 radical (unpaired) electrons. The molecule has 12 nitrogen and oxygen atoms in total. The SMILES string of the molecule is Cc1ccc(F)c(NC(=O)Nc2ccc(Oc3ccnc(-c4cc(C(=O)NCC/C(N)=N/NN)c[nH]4)c3)cc2)c1. The molecule has 2 heterocycles. The van der Waals surface area contributed by atoms with E-state index in [1.165, 1.54) is 6.07 Å². The first kappa shape index (κ1) is 27.6. The van der Waals surface area contributed by atoms with Gasteiger partial charge in [0.15, 0.2) is 0 Å². The Bertz CT molecular complexity index is 1520. The van der Waals surface area contributed by atoms with Crippen molar-refractivity contribution >= 4 is 29.1 Å². The van der Waals surface area contributed by atoms with Crippen molar-refractivity contribution < 1.29 is 18.7 Å². The molecule has 0 atom stereocenters. The van der Waals surface area contributed by atoms with Gasteiger partial charge in [0.05, 0.1) is 22.6 Å². The number of rotatable bonds is 10. The number of ether oxygens (including phenoxy) is 1. The minimum absolute atomic E-state index is 0.0945. The first-order valence-electron chi connectivity index (χ1n) is 12.1. The molecular formula is C27H28FN9O3. The molecule has 206 valence electrons. The van der Waals surface area contributed by atoms with E-state index in [2.05, 4.69) is 36.6 Å². The van der Waals surface area contributed by atoms with Crippen LogP contribution in [0, 0.1) is 12.7 Å². The number of hydrogen-bond donors (Lipinski definition) is 7. The van der Waals surface area contributed by atoms with Gasteiger partial charge in [-0.2, -0.15) is 5.10 Å². The van der Waals surface area contributed by atoms with E-state index in [4.69, 9.17) is 16.3 Å². The number of hydrazone groups is 1. The van der Waals surface area contributed by atoms with Crippen LogP contribution in [0.15, 0.2) is 78.2 Å². The Hall–Kier alpha value is -5.43. The number of pyridine rings is 1. The summed E-state index contributed by atoms with van der Waals surface area (Å²) in [5.41, 5.74) is 10.7. The average Bonchev–Trinajstić information content (AvgIpc) is 3.43. The van der Waals surface area contributed by atoms with Gasteiger partial charge in [-0.15, -0.1) is 0 Å². The van der Waals surface area contributed by atoms with Crippen LogP contribution in [-0.2, 0) is 0 Å². The van der Waals surface area contributed by atoms with E-state index in [9.17, 15) is 14.0 Å². The van der Waals surface area contributed by atoms with Gasteiger partial charge in [0.1, 0.15) is 23.2 Å². The number of hydrazine groups is 1. The summed E-state index contributed by atoms with van der Waals surface area (Å²) >= 11 is 0. The number of anilines is 2. The van der Waals surface area contributed by atoms with Crippen LogP contribution in [0.25, 0.3) is 11.4 Å². The molecule has 4 rings (SSSR count). The Morgan fingerprint density at radius 1 is 1.05 bits per heavy atom. The molecular weight excluding hydrogens is 517 g/mol. The van der Waals surface area contributed by atoms with Gasteiger partial charge >= 0.3 is 6.03 Å². The second-order valence-corrected chi connectivity index (χ2v) is 8.61. The summed E-state index contributed by atoms with van der Waals surface area (Å²) in [6, 6.07) is 15.7. The molecule has 2 aromatic carbocycles. The molecule has 0 saturated carbocycles. The number of urea groups is 1. The lowest BCUT2D eigenvalue weighted by Crippen LogP contribution is -2.29. The first-order chi connectivity index (χ1) is 19.3. The molecule has 0 unspecified atom stereocenters. The van der Waals surface area contributed by atoms with E-state index < -0.39 is 11.8 Å². The fourth-order valence-corrected chi connectivity index (χ4v) is 3.60. The van der Waals surface area contributed by atoms with Gasteiger partial charge in [-0.3, -0.25) is 9.78 Å². The zero-order valence-corrected chi connectivity index (χ0v) is 21.5. The van der Waals surface area contributed by atoms with Crippen LogP contribution in [0.2, 0.25) is 0 Å². The van der Waals surface area contributed by atoms with Gasteiger partial charge < -0.3 is 31.4 Å². The second kappa shape index (κ2) is 12.9. The number of nitrogens with two attached hydrogens (primary N) is 2. The number of benzene rings is 2. The third-order valence-electron chi connectivity index (χ3n) is 5.55. The molecule has 4 aromatic rings. The van der Waals surface area contributed by atoms with Gasteiger partial charge in [-0.05, 0) is 61.0 Å². The molecule has 0 spiro atoms. The van der Waals surface area contributed by atoms with E-state index >= 15 is 0 Å². The minimum atomic E-state index is -0.571. The van der Waals surface area contributed by atoms with Crippen LogP contribution in [0.4, 0.5) is 20.6 Å². The quantitative estimate of drug-likeness (QED) is 0.0683. The predicted molar refractivity (Wildman–Crippen MR) is 150 cm³/mol. The maximum atomic E-state index is 13.9. The van der Waals surface area contributed by atoms with Gasteiger partial charge in [0, 0.05) is 37.1 Å². The topological polar surface area (TPSA) is 185 Å². The van der Waals surface area contributed by atoms with E-state index in [-0.39, 0.29) is 17.4 Å². The molecule has 0 saturated heterocycles. The Morgan fingerprint density at radius 3 is 2.62 bits per heavy atom. The molecule has 3 amide bonds. The lowest BCUT2D eigenvalue weighted by molar-refractivity contribution is 0.0955. The number of H-pyrrole nitrogens is 1. The summed E-state index contributed by atoms with van der Waals surface area (Å²) in [6.45, 7) is 2.10. The Balaban J connectivity index is 1.33. The third kappa shape index (κ3) is 7.55. The van der Waals surface area contributed by atoms with Crippen molar-refractivity contribution in [3.05, 3.63) is 90.0 Å². The van der Waals surface area contributed by atoms with Crippen molar-refractivity contribution in [2.45, 2.75) is 13.3 Å². The van der Waals surface area contributed by atoms with E-state index in [0.29, 0.717) is 47.1 Å². The number of nitrogens with one attached hydrogen (secondary N) is 5. The zero-order valence-electron chi connectivity index (χ0n) is 21.5. The number of carbonyl (C=O) groups excluding carboxylic acids is 2. The number of aryl methyl sites for hydroxylation is 1. The Morgan fingerprint density at radius 2 is 1.85 bits per heavy atom. The Kier molecular flexibility index (Phi) is 8.89. The fraction of sp³-hybridized carbons (Fsp3) is 0.111. The highest BCUT2D eigenvalue weighted by Crippen LogP contribution is 2.27. The standard InChI is InChI=1S/C27H28FN9O3/c1-16-2-7-21(28)22(12-16)35-27(39)34-18-3-5-19(6-4-18)40-20-8-10-31-24(14-20)23-13-17(15-33-23)26(38)32-11-9-25(29)36-37-30/h2-8,10,12-15,33,37H,9,11,30H2,1H3,(H2,29,36)(H,32,38)(H2,34,35,39). The largest absolute Gasteiger partial charge is 0.457 e.